The first kappa shape index (κ1) is 17.4. The second-order valence-electron chi connectivity index (χ2n) is 4.30. The van der Waals surface area contributed by atoms with Gasteiger partial charge in [-0.1, -0.05) is 15.9 Å². The quantitative estimate of drug-likeness (QED) is 0.755. The Bertz CT molecular complexity index is 1000. The normalized spacial score (nSPS) is 12.1. The van der Waals surface area contributed by atoms with Gasteiger partial charge in [-0.15, -0.1) is 11.3 Å². The van der Waals surface area contributed by atoms with Crippen LogP contribution in [0.25, 0.3) is 5.57 Å². The van der Waals surface area contributed by atoms with Crippen molar-refractivity contribution in [2.24, 2.45) is 4.99 Å². The molecule has 1 N–H and O–H groups in total. The zero-order valence-electron chi connectivity index (χ0n) is 11.7. The van der Waals surface area contributed by atoms with Crippen LogP contribution in [0.1, 0.15) is 11.8 Å². The van der Waals surface area contributed by atoms with Crippen LogP contribution in [0.3, 0.4) is 0 Å². The molecule has 1 aliphatic rings. The van der Waals surface area contributed by atoms with Crippen LogP contribution >= 0.6 is 39.5 Å². The third-order valence-electron chi connectivity index (χ3n) is 3.08. The molecule has 0 fully saturated rings. The smallest absolute Gasteiger partial charge is 0.373 e. The van der Waals surface area contributed by atoms with Crippen LogP contribution in [0.15, 0.2) is 27.7 Å². The van der Waals surface area contributed by atoms with Crippen molar-refractivity contribution in [1.29, 1.82) is 0 Å². The fraction of sp³-hybridized carbons (Fsp3) is 0.143. The SMILES string of the molecule is CCn1c(O)c(C2=c3cc(Br)ccc3=NC2=O)sc1=S.O=C=O. The molecular weight excluding hydrogens is 404 g/mol. The number of nitrogens with zero attached hydrogens (tertiary/aromatic N) is 2. The van der Waals surface area contributed by atoms with Crippen LogP contribution in [0.5, 0.6) is 5.88 Å². The Balaban J connectivity index is 0.000000595. The number of carbonyl (C=O) groups is 1. The molecule has 1 amide bonds. The molecule has 2 aromatic rings. The molecule has 0 saturated heterocycles. The number of fused-ring (bicyclic) bond motifs is 1. The van der Waals surface area contributed by atoms with Gasteiger partial charge in [0, 0.05) is 16.2 Å². The number of thiazole rings is 1. The molecule has 1 aromatic heterocycles. The Hall–Kier alpha value is -1.93. The minimum atomic E-state index is -0.340. The molecule has 23 heavy (non-hydrogen) atoms. The zero-order valence-corrected chi connectivity index (χ0v) is 14.9. The lowest BCUT2D eigenvalue weighted by Crippen LogP contribution is -2.22. The summed E-state index contributed by atoms with van der Waals surface area (Å²) in [4.78, 5) is 32.9. The van der Waals surface area contributed by atoms with Crippen molar-refractivity contribution in [1.82, 2.24) is 4.57 Å². The Kier molecular flexibility index (Phi) is 5.38. The van der Waals surface area contributed by atoms with Crippen molar-refractivity contribution in [2.45, 2.75) is 13.5 Å². The van der Waals surface area contributed by atoms with Gasteiger partial charge in [0.2, 0.25) is 5.88 Å². The summed E-state index contributed by atoms with van der Waals surface area (Å²) in [5.41, 5.74) is 0.419. The predicted octanol–water partition coefficient (Wildman–Crippen LogP) is 1.54. The van der Waals surface area contributed by atoms with Gasteiger partial charge in [-0.25, -0.2) is 4.99 Å². The molecule has 0 aliphatic carbocycles. The van der Waals surface area contributed by atoms with Crippen LogP contribution in [0, 0.1) is 3.95 Å². The lowest BCUT2D eigenvalue weighted by Gasteiger charge is -2.01. The molecule has 3 rings (SSSR count). The van der Waals surface area contributed by atoms with Gasteiger partial charge in [0.1, 0.15) is 4.88 Å². The van der Waals surface area contributed by atoms with Crippen molar-refractivity contribution >= 4 is 57.1 Å². The van der Waals surface area contributed by atoms with Gasteiger partial charge in [-0.3, -0.25) is 9.36 Å². The van der Waals surface area contributed by atoms with Gasteiger partial charge in [0.25, 0.3) is 5.91 Å². The summed E-state index contributed by atoms with van der Waals surface area (Å²) in [5, 5.41) is 11.6. The van der Waals surface area contributed by atoms with Crippen LogP contribution in [-0.2, 0) is 20.9 Å². The molecule has 0 atom stereocenters. The topological polar surface area (TPSA) is 88.7 Å². The summed E-state index contributed by atoms with van der Waals surface area (Å²) in [6, 6.07) is 5.44. The fourth-order valence-electron chi connectivity index (χ4n) is 2.14. The number of benzene rings is 1. The van der Waals surface area contributed by atoms with E-state index in [1.165, 1.54) is 11.3 Å². The lowest BCUT2D eigenvalue weighted by atomic mass is 10.1. The van der Waals surface area contributed by atoms with Crippen molar-refractivity contribution in [3.8, 4) is 5.88 Å². The van der Waals surface area contributed by atoms with Gasteiger partial charge in [0.15, 0.2) is 3.95 Å². The summed E-state index contributed by atoms with van der Waals surface area (Å²) in [5.74, 6) is -0.304. The number of halogens is 1. The van der Waals surface area contributed by atoms with Gasteiger partial charge >= 0.3 is 6.15 Å². The van der Waals surface area contributed by atoms with E-state index in [0.29, 0.717) is 26.3 Å². The third kappa shape index (κ3) is 3.23. The van der Waals surface area contributed by atoms with E-state index in [9.17, 15) is 9.90 Å². The highest BCUT2D eigenvalue weighted by Gasteiger charge is 2.24. The summed E-state index contributed by atoms with van der Waals surface area (Å²) in [6.45, 7) is 2.45. The Morgan fingerprint density at radius 2 is 2.09 bits per heavy atom. The summed E-state index contributed by atoms with van der Waals surface area (Å²) >= 11 is 9.83. The van der Waals surface area contributed by atoms with Gasteiger partial charge < -0.3 is 5.11 Å². The highest BCUT2D eigenvalue weighted by atomic mass is 79.9. The second-order valence-corrected chi connectivity index (χ2v) is 6.86. The molecule has 2 heterocycles. The maximum atomic E-state index is 12.1. The standard InChI is InChI=1S/C13H9BrN2O2S2.CO2/c1-2-16-12(18)10(20-13(16)19)9-7-5-6(14)3-4-8(7)15-11(9)17;2-1-3/h3-5,18H,2H2,1H3;. The summed E-state index contributed by atoms with van der Waals surface area (Å²) < 4.78 is 3.01. The number of hydrogen-bond acceptors (Lipinski definition) is 6. The van der Waals surface area contributed by atoms with Crippen molar-refractivity contribution in [3.63, 3.8) is 0 Å². The monoisotopic (exact) mass is 412 g/mol. The van der Waals surface area contributed by atoms with E-state index in [0.717, 1.165) is 9.69 Å². The molecule has 1 aromatic carbocycles. The molecule has 1 aliphatic heterocycles. The van der Waals surface area contributed by atoms with Gasteiger partial charge in [-0.2, -0.15) is 9.59 Å². The highest BCUT2D eigenvalue weighted by molar-refractivity contribution is 9.10. The molecule has 0 radical (unpaired) electrons. The first-order valence-electron chi connectivity index (χ1n) is 6.29. The predicted molar refractivity (Wildman–Crippen MR) is 87.9 cm³/mol. The Morgan fingerprint density at radius 1 is 1.43 bits per heavy atom. The van der Waals surface area contributed by atoms with Crippen LogP contribution < -0.4 is 10.6 Å². The number of aromatic hydroxyl groups is 1. The Labute approximate surface area is 147 Å². The number of amides is 1. The molecule has 0 bridgehead atoms. The first-order valence-corrected chi connectivity index (χ1v) is 8.31. The van der Waals surface area contributed by atoms with Crippen LogP contribution in [0.2, 0.25) is 0 Å². The summed E-state index contributed by atoms with van der Waals surface area (Å²) in [7, 11) is 0. The maximum Gasteiger partial charge on any atom is 0.373 e. The van der Waals surface area contributed by atoms with Crippen molar-refractivity contribution < 1.29 is 19.5 Å². The maximum absolute atomic E-state index is 12.1. The largest absolute Gasteiger partial charge is 0.493 e. The number of hydrogen-bond donors (Lipinski definition) is 1. The molecule has 118 valence electrons. The molecular formula is C14H9BrN2O4S2. The van der Waals surface area contributed by atoms with E-state index < -0.39 is 0 Å². The third-order valence-corrected chi connectivity index (χ3v) is 5.03. The molecule has 6 nitrogen and oxygen atoms in total. The van der Waals surface area contributed by atoms with E-state index in [4.69, 9.17) is 21.8 Å². The van der Waals surface area contributed by atoms with Crippen molar-refractivity contribution in [3.05, 3.63) is 42.1 Å². The number of carbonyl (C=O) groups excluding carboxylic acids is 3. The average molecular weight is 413 g/mol. The van der Waals surface area contributed by atoms with E-state index in [2.05, 4.69) is 20.9 Å². The molecule has 0 unspecified atom stereocenters. The van der Waals surface area contributed by atoms with E-state index >= 15 is 0 Å². The molecule has 0 spiro atoms. The minimum Gasteiger partial charge on any atom is -0.493 e. The van der Waals surface area contributed by atoms with Gasteiger partial charge in [-0.05, 0) is 37.3 Å². The van der Waals surface area contributed by atoms with Crippen LogP contribution in [-0.4, -0.2) is 21.7 Å². The summed E-state index contributed by atoms with van der Waals surface area (Å²) in [6.07, 6.45) is 0.250. The van der Waals surface area contributed by atoms with E-state index in [-0.39, 0.29) is 17.9 Å². The molecule has 0 saturated carbocycles. The van der Waals surface area contributed by atoms with E-state index in [1.54, 1.807) is 10.6 Å². The fourth-order valence-corrected chi connectivity index (χ4v) is 3.97. The minimum absolute atomic E-state index is 0.0360. The number of aromatic nitrogens is 1. The molecule has 9 heteroatoms. The zero-order chi connectivity index (χ0) is 17.1. The lowest BCUT2D eigenvalue weighted by molar-refractivity contribution is -0.191. The Morgan fingerprint density at radius 3 is 2.65 bits per heavy atom. The first-order chi connectivity index (χ1) is 10.9. The highest BCUT2D eigenvalue weighted by Crippen LogP contribution is 2.32. The van der Waals surface area contributed by atoms with Crippen LogP contribution in [0.4, 0.5) is 0 Å². The average Bonchev–Trinajstić information content (AvgIpc) is 2.95. The number of rotatable bonds is 2. The van der Waals surface area contributed by atoms with Crippen molar-refractivity contribution in [2.75, 3.05) is 0 Å². The second kappa shape index (κ2) is 7.10. The van der Waals surface area contributed by atoms with E-state index in [1.807, 2.05) is 19.1 Å². The van der Waals surface area contributed by atoms with Gasteiger partial charge in [0.05, 0.1) is 10.9 Å².